The fourth-order valence-electron chi connectivity index (χ4n) is 2.69. The van der Waals surface area contributed by atoms with Crippen LogP contribution in [0.5, 0.6) is 0 Å². The van der Waals surface area contributed by atoms with E-state index < -0.39 is 28.7 Å². The zero-order chi connectivity index (χ0) is 16.8. The summed E-state index contributed by atoms with van der Waals surface area (Å²) in [5.41, 5.74) is 2.15. The Labute approximate surface area is 132 Å². The summed E-state index contributed by atoms with van der Waals surface area (Å²) >= 11 is 0. The molecule has 1 aliphatic rings. The summed E-state index contributed by atoms with van der Waals surface area (Å²) in [4.78, 5) is 8.36. The first-order chi connectivity index (χ1) is 10.8. The van der Waals surface area contributed by atoms with Gasteiger partial charge < -0.3 is 9.84 Å². The number of hydrogen-bond acceptors (Lipinski definition) is 8. The zero-order valence-corrected chi connectivity index (χ0v) is 13.4. The van der Waals surface area contributed by atoms with Gasteiger partial charge in [-0.15, -0.1) is 0 Å². The van der Waals surface area contributed by atoms with E-state index in [2.05, 4.69) is 19.2 Å². The van der Waals surface area contributed by atoms with Crippen LogP contribution in [-0.2, 0) is 19.2 Å². The minimum atomic E-state index is -4.09. The number of hydrogen-bond donors (Lipinski definition) is 2. The van der Waals surface area contributed by atoms with E-state index in [1.165, 1.54) is 6.33 Å². The van der Waals surface area contributed by atoms with Gasteiger partial charge in [-0.25, -0.2) is 19.8 Å². The van der Waals surface area contributed by atoms with Gasteiger partial charge in [0, 0.05) is 6.42 Å². The van der Waals surface area contributed by atoms with Crippen LogP contribution in [0.15, 0.2) is 6.33 Å². The van der Waals surface area contributed by atoms with Crippen molar-refractivity contribution in [1.29, 1.82) is 0 Å². The van der Waals surface area contributed by atoms with Crippen molar-refractivity contribution in [3.63, 3.8) is 0 Å². The van der Waals surface area contributed by atoms with Crippen LogP contribution in [0.3, 0.4) is 0 Å². The molecule has 11 heteroatoms. The van der Waals surface area contributed by atoms with Gasteiger partial charge in [-0.1, -0.05) is 0 Å². The third-order valence-electron chi connectivity index (χ3n) is 3.73. The second-order valence-corrected chi connectivity index (χ2v) is 6.62. The van der Waals surface area contributed by atoms with E-state index in [4.69, 9.17) is 9.88 Å². The van der Waals surface area contributed by atoms with E-state index in [9.17, 15) is 13.5 Å². The minimum Gasteiger partial charge on any atom is -0.390 e. The Bertz CT molecular complexity index is 836. The van der Waals surface area contributed by atoms with Crippen LogP contribution in [0.4, 0.5) is 0 Å². The van der Waals surface area contributed by atoms with Crippen LogP contribution in [0.25, 0.3) is 11.0 Å². The molecule has 2 aromatic rings. The van der Waals surface area contributed by atoms with Crippen molar-refractivity contribution in [1.82, 2.24) is 19.7 Å². The fraction of sp³-hybridized carbons (Fsp3) is 0.583. The average molecular weight is 343 g/mol. The highest BCUT2D eigenvalue weighted by molar-refractivity contribution is 7.84. The molecule has 0 spiro atoms. The Balaban J connectivity index is 1.85. The average Bonchev–Trinajstić information content (AvgIpc) is 2.98. The van der Waals surface area contributed by atoms with Crippen molar-refractivity contribution in [2.24, 2.45) is 5.14 Å². The zero-order valence-electron chi connectivity index (χ0n) is 12.6. The van der Waals surface area contributed by atoms with Crippen LogP contribution in [0.2, 0.25) is 0 Å². The third-order valence-corrected chi connectivity index (χ3v) is 4.19. The van der Waals surface area contributed by atoms with Gasteiger partial charge in [-0.05, 0) is 13.8 Å². The molecular formula is C12H17N5O5S. The normalized spacial score (nSPS) is 25.3. The first-order valence-electron chi connectivity index (χ1n) is 6.93. The summed E-state index contributed by atoms with van der Waals surface area (Å²) in [7, 11) is -4.09. The van der Waals surface area contributed by atoms with Crippen molar-refractivity contribution >= 4 is 21.3 Å². The van der Waals surface area contributed by atoms with E-state index in [-0.39, 0.29) is 13.0 Å². The number of aliphatic hydroxyl groups excluding tert-OH is 1. The molecule has 126 valence electrons. The lowest BCUT2D eigenvalue weighted by molar-refractivity contribution is -0.0412. The second kappa shape index (κ2) is 5.76. The molecule has 0 bridgehead atoms. The lowest BCUT2D eigenvalue weighted by Gasteiger charge is -2.14. The van der Waals surface area contributed by atoms with Crippen molar-refractivity contribution in [3.8, 4) is 0 Å². The standard InChI is InChI=1S/C12H17N5O5S/c1-6-11-7(2)16-17(12(11)15-5-14-6)10-3-8(18)9(22-10)4-21-23(13,19)20/h5,8-10,18H,3-4H2,1-2H3,(H2,13,19,20)/t8-,9-,10+/m0/s1. The van der Waals surface area contributed by atoms with E-state index in [1.807, 2.05) is 13.8 Å². The van der Waals surface area contributed by atoms with Crippen molar-refractivity contribution in [2.75, 3.05) is 6.61 Å². The van der Waals surface area contributed by atoms with E-state index >= 15 is 0 Å². The lowest BCUT2D eigenvalue weighted by atomic mass is 10.2. The number of nitrogens with two attached hydrogens (primary N) is 1. The van der Waals surface area contributed by atoms with E-state index in [0.717, 1.165) is 16.8 Å². The summed E-state index contributed by atoms with van der Waals surface area (Å²) in [5, 5.41) is 20.0. The van der Waals surface area contributed by atoms with E-state index in [0.29, 0.717) is 5.65 Å². The van der Waals surface area contributed by atoms with Crippen LogP contribution >= 0.6 is 0 Å². The molecule has 1 aliphatic heterocycles. The van der Waals surface area contributed by atoms with Crippen LogP contribution < -0.4 is 5.14 Å². The highest BCUT2D eigenvalue weighted by Gasteiger charge is 2.37. The maximum absolute atomic E-state index is 10.8. The molecule has 3 atom stereocenters. The number of aryl methyl sites for hydroxylation is 2. The number of rotatable bonds is 4. The van der Waals surface area contributed by atoms with Crippen molar-refractivity contribution in [3.05, 3.63) is 17.7 Å². The number of aliphatic hydroxyl groups is 1. The smallest absolute Gasteiger partial charge is 0.333 e. The molecule has 0 aliphatic carbocycles. The molecule has 0 saturated carbocycles. The van der Waals surface area contributed by atoms with Crippen LogP contribution in [0, 0.1) is 13.8 Å². The Morgan fingerprint density at radius 2 is 2.17 bits per heavy atom. The van der Waals surface area contributed by atoms with Gasteiger partial charge in [0.1, 0.15) is 12.4 Å². The molecular weight excluding hydrogens is 326 g/mol. The Morgan fingerprint density at radius 1 is 1.43 bits per heavy atom. The molecule has 3 rings (SSSR count). The highest BCUT2D eigenvalue weighted by Crippen LogP contribution is 2.32. The monoisotopic (exact) mass is 343 g/mol. The summed E-state index contributed by atoms with van der Waals surface area (Å²) in [6.07, 6.45) is -0.630. The van der Waals surface area contributed by atoms with Crippen molar-refractivity contribution in [2.45, 2.75) is 38.7 Å². The van der Waals surface area contributed by atoms with Gasteiger partial charge in [0.05, 0.1) is 29.5 Å². The maximum atomic E-state index is 10.8. The lowest BCUT2D eigenvalue weighted by Crippen LogP contribution is -2.30. The van der Waals surface area contributed by atoms with E-state index in [1.54, 1.807) is 4.68 Å². The van der Waals surface area contributed by atoms with Gasteiger partial charge in [0.15, 0.2) is 11.9 Å². The first kappa shape index (κ1) is 16.2. The Morgan fingerprint density at radius 3 is 2.87 bits per heavy atom. The predicted molar refractivity (Wildman–Crippen MR) is 78.4 cm³/mol. The topological polar surface area (TPSA) is 142 Å². The molecule has 0 aromatic carbocycles. The molecule has 0 unspecified atom stereocenters. The molecule has 3 heterocycles. The van der Waals surface area contributed by atoms with Gasteiger partial charge >= 0.3 is 10.3 Å². The molecule has 23 heavy (non-hydrogen) atoms. The molecule has 0 amide bonds. The molecule has 0 radical (unpaired) electrons. The number of ether oxygens (including phenoxy) is 1. The maximum Gasteiger partial charge on any atom is 0.333 e. The Kier molecular flexibility index (Phi) is 4.06. The SMILES string of the molecule is Cc1ncnc2c1c(C)nn2[C@H]1C[C@H](O)[C@H](COS(N)(=O)=O)O1. The quantitative estimate of drug-likeness (QED) is 0.743. The van der Waals surface area contributed by atoms with Crippen LogP contribution in [0.1, 0.15) is 24.0 Å². The number of nitrogens with zero attached hydrogens (tertiary/aromatic N) is 4. The molecule has 1 saturated heterocycles. The molecule has 10 nitrogen and oxygen atoms in total. The largest absolute Gasteiger partial charge is 0.390 e. The van der Waals surface area contributed by atoms with Crippen molar-refractivity contribution < 1.29 is 22.4 Å². The molecule has 2 aromatic heterocycles. The molecule has 3 N–H and O–H groups in total. The highest BCUT2D eigenvalue weighted by atomic mass is 32.2. The fourth-order valence-corrected chi connectivity index (χ4v) is 3.02. The van der Waals surface area contributed by atoms with Crippen LogP contribution in [-0.4, -0.2) is 52.1 Å². The van der Waals surface area contributed by atoms with Gasteiger partial charge in [0.25, 0.3) is 0 Å². The summed E-state index contributed by atoms with van der Waals surface area (Å²) in [6.45, 7) is 3.33. The number of fused-ring (bicyclic) bond motifs is 1. The second-order valence-electron chi connectivity index (χ2n) is 5.40. The Hall–Kier alpha value is -1.66. The summed E-state index contributed by atoms with van der Waals surface area (Å²) in [5.74, 6) is 0. The summed E-state index contributed by atoms with van der Waals surface area (Å²) in [6, 6.07) is 0. The minimum absolute atomic E-state index is 0.234. The first-order valence-corrected chi connectivity index (χ1v) is 8.40. The number of aromatic nitrogens is 4. The van der Waals surface area contributed by atoms with Gasteiger partial charge in [-0.3, -0.25) is 4.18 Å². The summed E-state index contributed by atoms with van der Waals surface area (Å²) < 4.78 is 33.4. The van der Waals surface area contributed by atoms with Gasteiger partial charge in [0.2, 0.25) is 0 Å². The van der Waals surface area contributed by atoms with Gasteiger partial charge in [-0.2, -0.15) is 13.5 Å². The molecule has 1 fully saturated rings. The predicted octanol–water partition coefficient (Wildman–Crippen LogP) is -0.688. The third kappa shape index (κ3) is 3.19.